The van der Waals surface area contributed by atoms with Gasteiger partial charge in [-0.3, -0.25) is 19.1 Å². The molecule has 6 nitrogen and oxygen atoms in total. The summed E-state index contributed by atoms with van der Waals surface area (Å²) in [6, 6.07) is 19.0. The molecule has 1 fully saturated rings. The van der Waals surface area contributed by atoms with Crippen LogP contribution in [-0.2, 0) is 30.2 Å². The van der Waals surface area contributed by atoms with E-state index in [2.05, 4.69) is 81.1 Å². The topological polar surface area (TPSA) is 58.4 Å². The maximum absolute atomic E-state index is 13.6. The summed E-state index contributed by atoms with van der Waals surface area (Å²) in [7, 11) is 1.78. The third-order valence-corrected chi connectivity index (χ3v) is 9.06. The molecule has 0 N–H and O–H groups in total. The van der Waals surface area contributed by atoms with Crippen molar-refractivity contribution in [2.75, 3.05) is 26.2 Å². The zero-order valence-corrected chi connectivity index (χ0v) is 25.8. The van der Waals surface area contributed by atoms with Crippen LogP contribution in [0.25, 0.3) is 0 Å². The second-order valence-corrected chi connectivity index (χ2v) is 13.1. The van der Waals surface area contributed by atoms with Crippen molar-refractivity contribution in [1.82, 2.24) is 19.4 Å². The molecule has 0 saturated carbocycles. The van der Waals surface area contributed by atoms with E-state index < -0.39 is 0 Å². The number of aromatic nitrogens is 2. The maximum Gasteiger partial charge on any atom is 0.257 e. The molecule has 0 radical (unpaired) electrons. The average molecular weight is 561 g/mol. The lowest BCUT2D eigenvalue weighted by molar-refractivity contribution is -0.132. The molecule has 7 heteroatoms. The van der Waals surface area contributed by atoms with Gasteiger partial charge in [0.1, 0.15) is 0 Å². The predicted octanol–water partition coefficient (Wildman–Crippen LogP) is 5.58. The van der Waals surface area contributed by atoms with Crippen LogP contribution in [0.5, 0.6) is 0 Å². The summed E-state index contributed by atoms with van der Waals surface area (Å²) in [6.45, 7) is 14.7. The summed E-state index contributed by atoms with van der Waals surface area (Å²) in [6.07, 6.45) is 2.20. The van der Waals surface area contributed by atoms with E-state index in [1.165, 1.54) is 22.9 Å². The fraction of sp³-hybridized carbons (Fsp3) is 0.485. The van der Waals surface area contributed by atoms with Crippen molar-refractivity contribution >= 4 is 17.7 Å². The Kier molecular flexibility index (Phi) is 9.90. The molecule has 0 spiro atoms. The summed E-state index contributed by atoms with van der Waals surface area (Å²) in [5, 5.41) is 0.364. The number of carbonyl (C=O) groups excluding carboxylic acids is 1. The van der Waals surface area contributed by atoms with Crippen molar-refractivity contribution in [1.29, 1.82) is 0 Å². The normalized spacial score (nSPS) is 15.3. The number of hydrogen-bond donors (Lipinski definition) is 0. The predicted molar refractivity (Wildman–Crippen MR) is 165 cm³/mol. The minimum Gasteiger partial charge on any atom is -0.339 e. The Bertz CT molecular complexity index is 1340. The number of aryl methyl sites for hydroxylation is 1. The molecular formula is C33H44N4O2S. The maximum atomic E-state index is 13.6. The molecule has 1 aliphatic rings. The molecule has 1 aromatic heterocycles. The Balaban J connectivity index is 1.43. The first-order valence-corrected chi connectivity index (χ1v) is 15.3. The molecule has 40 heavy (non-hydrogen) atoms. The van der Waals surface area contributed by atoms with E-state index in [1.54, 1.807) is 11.6 Å². The van der Waals surface area contributed by atoms with E-state index in [9.17, 15) is 9.59 Å². The Morgan fingerprint density at radius 2 is 1.62 bits per heavy atom. The largest absolute Gasteiger partial charge is 0.339 e. The fourth-order valence-corrected chi connectivity index (χ4v) is 6.45. The van der Waals surface area contributed by atoms with Crippen LogP contribution in [0.3, 0.4) is 0 Å². The first-order valence-electron chi connectivity index (χ1n) is 14.4. The van der Waals surface area contributed by atoms with Gasteiger partial charge in [0, 0.05) is 57.4 Å². The van der Waals surface area contributed by atoms with Gasteiger partial charge in [-0.25, -0.2) is 4.98 Å². The molecule has 1 unspecified atom stereocenters. The second-order valence-electron chi connectivity index (χ2n) is 11.9. The Hall–Kier alpha value is -2.90. The van der Waals surface area contributed by atoms with Gasteiger partial charge in [0.15, 0.2) is 5.16 Å². The highest BCUT2D eigenvalue weighted by molar-refractivity contribution is 8.00. The molecule has 2 heterocycles. The zero-order chi connectivity index (χ0) is 28.9. The molecule has 2 aromatic carbocycles. The SMILES string of the molecule is CCCC(Sc1nc(C)c(Cc2ccc(C(C)(C)C)cc2)c(=O)n1C)C(=O)N1CCN(Cc2ccccc2)CC1. The Labute approximate surface area is 243 Å². The quantitative estimate of drug-likeness (QED) is 0.253. The van der Waals surface area contributed by atoms with Gasteiger partial charge in [-0.2, -0.15) is 0 Å². The number of hydrogen-bond acceptors (Lipinski definition) is 5. The van der Waals surface area contributed by atoms with Crippen molar-refractivity contribution in [2.24, 2.45) is 7.05 Å². The van der Waals surface area contributed by atoms with E-state index in [1.807, 2.05) is 17.9 Å². The van der Waals surface area contributed by atoms with Crippen molar-refractivity contribution in [3.05, 3.63) is 92.9 Å². The van der Waals surface area contributed by atoms with Gasteiger partial charge in [0.05, 0.1) is 5.25 Å². The zero-order valence-electron chi connectivity index (χ0n) is 24.9. The lowest BCUT2D eigenvalue weighted by atomic mass is 9.86. The number of piperazine rings is 1. The van der Waals surface area contributed by atoms with Crippen LogP contribution in [0, 0.1) is 6.92 Å². The molecule has 1 amide bonds. The molecule has 3 aromatic rings. The minimum absolute atomic E-state index is 0.0351. The van der Waals surface area contributed by atoms with Crippen LogP contribution in [0.4, 0.5) is 0 Å². The number of nitrogens with zero attached hydrogens (tertiary/aromatic N) is 4. The van der Waals surface area contributed by atoms with Crippen LogP contribution in [0.1, 0.15) is 68.5 Å². The van der Waals surface area contributed by atoms with Gasteiger partial charge in [0.25, 0.3) is 5.56 Å². The highest BCUT2D eigenvalue weighted by atomic mass is 32.2. The van der Waals surface area contributed by atoms with Crippen LogP contribution in [0.2, 0.25) is 0 Å². The Morgan fingerprint density at radius 1 is 0.975 bits per heavy atom. The van der Waals surface area contributed by atoms with Gasteiger partial charge in [-0.15, -0.1) is 0 Å². The third kappa shape index (κ3) is 7.43. The molecule has 1 aliphatic heterocycles. The number of rotatable bonds is 9. The molecule has 4 rings (SSSR count). The summed E-state index contributed by atoms with van der Waals surface area (Å²) >= 11 is 1.44. The number of carbonyl (C=O) groups is 1. The van der Waals surface area contributed by atoms with Crippen LogP contribution >= 0.6 is 11.8 Å². The van der Waals surface area contributed by atoms with Crippen molar-refractivity contribution in [2.45, 2.75) is 76.2 Å². The van der Waals surface area contributed by atoms with Crippen molar-refractivity contribution in [3.63, 3.8) is 0 Å². The van der Waals surface area contributed by atoms with Gasteiger partial charge >= 0.3 is 0 Å². The lowest BCUT2D eigenvalue weighted by Crippen LogP contribution is -2.50. The Morgan fingerprint density at radius 3 is 2.23 bits per heavy atom. The number of benzene rings is 2. The fourth-order valence-electron chi connectivity index (χ4n) is 5.16. The average Bonchev–Trinajstić information content (AvgIpc) is 2.94. The first-order chi connectivity index (χ1) is 19.1. The van der Waals surface area contributed by atoms with Gasteiger partial charge in [0.2, 0.25) is 5.91 Å². The van der Waals surface area contributed by atoms with E-state index in [4.69, 9.17) is 4.98 Å². The van der Waals surface area contributed by atoms with E-state index >= 15 is 0 Å². The molecule has 0 bridgehead atoms. The molecule has 1 atom stereocenters. The lowest BCUT2D eigenvalue weighted by Gasteiger charge is -2.36. The van der Waals surface area contributed by atoms with Crippen molar-refractivity contribution in [3.8, 4) is 0 Å². The van der Waals surface area contributed by atoms with Crippen molar-refractivity contribution < 1.29 is 4.79 Å². The smallest absolute Gasteiger partial charge is 0.257 e. The van der Waals surface area contributed by atoms with E-state index in [0.29, 0.717) is 17.1 Å². The monoisotopic (exact) mass is 560 g/mol. The molecule has 1 saturated heterocycles. The summed E-state index contributed by atoms with van der Waals surface area (Å²) < 4.78 is 1.63. The highest BCUT2D eigenvalue weighted by Gasteiger charge is 2.29. The number of thioether (sulfide) groups is 1. The molecular weight excluding hydrogens is 516 g/mol. The standard InChI is InChI=1S/C33H44N4O2S/c1-7-11-29(31(39)37-20-18-36(19-21-37)23-26-12-9-8-10-13-26)40-32-34-24(2)28(30(38)35(32)6)22-25-14-16-27(17-15-25)33(3,4)5/h8-10,12-17,29H,7,11,18-23H2,1-6H3. The second kappa shape index (κ2) is 13.2. The van der Waals surface area contributed by atoms with E-state index in [0.717, 1.165) is 56.8 Å². The third-order valence-electron chi connectivity index (χ3n) is 7.76. The van der Waals surface area contributed by atoms with Gasteiger partial charge in [-0.1, -0.05) is 100 Å². The first kappa shape index (κ1) is 30.1. The van der Waals surface area contributed by atoms with Crippen LogP contribution < -0.4 is 5.56 Å². The summed E-state index contributed by atoms with van der Waals surface area (Å²) in [5.41, 5.74) is 5.18. The molecule has 0 aliphatic carbocycles. The van der Waals surface area contributed by atoms with Gasteiger partial charge < -0.3 is 4.90 Å². The van der Waals surface area contributed by atoms with Gasteiger partial charge in [-0.05, 0) is 35.4 Å². The van der Waals surface area contributed by atoms with E-state index in [-0.39, 0.29) is 22.1 Å². The summed E-state index contributed by atoms with van der Waals surface area (Å²) in [4.78, 5) is 36.3. The highest BCUT2D eigenvalue weighted by Crippen LogP contribution is 2.28. The number of amides is 1. The minimum atomic E-state index is -0.251. The van der Waals surface area contributed by atoms with Crippen LogP contribution in [-0.4, -0.2) is 56.7 Å². The molecule has 214 valence electrons. The van der Waals surface area contributed by atoms with Crippen LogP contribution in [0.15, 0.2) is 64.5 Å². The summed E-state index contributed by atoms with van der Waals surface area (Å²) in [5.74, 6) is 0.154.